The van der Waals surface area contributed by atoms with Gasteiger partial charge in [-0.05, 0) is 43.2 Å². The van der Waals surface area contributed by atoms with E-state index in [0.717, 1.165) is 39.3 Å². The van der Waals surface area contributed by atoms with Crippen LogP contribution in [0.15, 0.2) is 51.7 Å². The van der Waals surface area contributed by atoms with Crippen LogP contribution in [-0.2, 0) is 4.74 Å². The number of morpholine rings is 1. The van der Waals surface area contributed by atoms with Crippen molar-refractivity contribution in [3.05, 3.63) is 69.6 Å². The predicted octanol–water partition coefficient (Wildman–Crippen LogP) is 3.16. The average Bonchev–Trinajstić information content (AvgIpc) is 3.13. The van der Waals surface area contributed by atoms with E-state index in [1.54, 1.807) is 41.3 Å². The van der Waals surface area contributed by atoms with Gasteiger partial charge in [-0.3, -0.25) is 14.5 Å². The number of rotatable bonds is 7. The minimum absolute atomic E-state index is 0.0135. The lowest BCUT2D eigenvalue weighted by atomic mass is 9.98. The van der Waals surface area contributed by atoms with E-state index in [2.05, 4.69) is 4.90 Å². The van der Waals surface area contributed by atoms with Crippen molar-refractivity contribution in [1.82, 2.24) is 9.80 Å². The summed E-state index contributed by atoms with van der Waals surface area (Å²) < 4.78 is 17.0. The summed E-state index contributed by atoms with van der Waals surface area (Å²) >= 11 is 0. The number of benzene rings is 2. The number of nitrogens with zero attached hydrogens (tertiary/aromatic N) is 2. The lowest BCUT2D eigenvalue weighted by molar-refractivity contribution is 0.0353. The van der Waals surface area contributed by atoms with Crippen LogP contribution in [0, 0.1) is 0 Å². The van der Waals surface area contributed by atoms with E-state index in [1.807, 2.05) is 6.92 Å². The van der Waals surface area contributed by atoms with Crippen molar-refractivity contribution in [3.8, 4) is 11.5 Å². The van der Waals surface area contributed by atoms with Gasteiger partial charge in [0.1, 0.15) is 5.58 Å². The number of aromatic hydroxyl groups is 1. The molecule has 3 heterocycles. The smallest absolute Gasteiger partial charge is 0.290 e. The molecule has 1 atom stereocenters. The monoisotopic (exact) mass is 464 g/mol. The van der Waals surface area contributed by atoms with Gasteiger partial charge in [-0.2, -0.15) is 0 Å². The molecule has 1 N–H and O–H groups in total. The van der Waals surface area contributed by atoms with E-state index >= 15 is 0 Å². The average molecular weight is 465 g/mol. The molecule has 0 unspecified atom stereocenters. The van der Waals surface area contributed by atoms with Crippen molar-refractivity contribution < 1.29 is 23.8 Å². The topological polar surface area (TPSA) is 92.5 Å². The molecule has 0 spiro atoms. The first-order chi connectivity index (χ1) is 16.6. The van der Waals surface area contributed by atoms with Gasteiger partial charge in [-0.15, -0.1) is 0 Å². The number of phenols is 1. The van der Waals surface area contributed by atoms with Gasteiger partial charge in [-0.25, -0.2) is 0 Å². The van der Waals surface area contributed by atoms with Gasteiger partial charge in [0.15, 0.2) is 16.9 Å². The summed E-state index contributed by atoms with van der Waals surface area (Å²) in [5, 5.41) is 10.6. The highest BCUT2D eigenvalue weighted by molar-refractivity contribution is 5.99. The molecule has 178 valence electrons. The molecule has 1 amide bonds. The lowest BCUT2D eigenvalue weighted by Crippen LogP contribution is -2.38. The minimum atomic E-state index is -0.618. The molecule has 1 fully saturated rings. The Labute approximate surface area is 197 Å². The number of para-hydroxylation sites is 1. The third kappa shape index (κ3) is 4.03. The molecule has 2 aromatic carbocycles. The van der Waals surface area contributed by atoms with Crippen molar-refractivity contribution >= 4 is 16.9 Å². The maximum absolute atomic E-state index is 13.6. The van der Waals surface area contributed by atoms with Gasteiger partial charge in [0.05, 0.1) is 36.8 Å². The Morgan fingerprint density at radius 2 is 1.88 bits per heavy atom. The quantitative estimate of drug-likeness (QED) is 0.574. The van der Waals surface area contributed by atoms with Crippen LogP contribution in [0.1, 0.15) is 41.1 Å². The number of amides is 1. The molecule has 8 heteroatoms. The summed E-state index contributed by atoms with van der Waals surface area (Å²) in [5.74, 6) is 0.126. The Morgan fingerprint density at radius 3 is 2.68 bits per heavy atom. The number of phenolic OH excluding ortho intramolecular Hbond substituents is 1. The molecule has 0 bridgehead atoms. The summed E-state index contributed by atoms with van der Waals surface area (Å²) in [5.41, 5.74) is 1.22. The first kappa shape index (κ1) is 22.4. The summed E-state index contributed by atoms with van der Waals surface area (Å²) in [4.78, 5) is 31.1. The molecule has 34 heavy (non-hydrogen) atoms. The first-order valence-electron chi connectivity index (χ1n) is 11.7. The van der Waals surface area contributed by atoms with E-state index in [-0.39, 0.29) is 22.8 Å². The molecule has 0 radical (unpaired) electrons. The molecule has 0 aliphatic carbocycles. The Hall–Kier alpha value is -3.36. The SMILES string of the molecule is CCOc1cc([C@@H]2c3c(oc4ccccc4c3=O)C(=O)N2CCCN2CCOCC2)ccc1O. The highest BCUT2D eigenvalue weighted by Crippen LogP contribution is 2.40. The fourth-order valence-corrected chi connectivity index (χ4v) is 4.81. The van der Waals surface area contributed by atoms with E-state index in [4.69, 9.17) is 13.9 Å². The van der Waals surface area contributed by atoms with Gasteiger partial charge in [0.25, 0.3) is 5.91 Å². The van der Waals surface area contributed by atoms with E-state index in [1.165, 1.54) is 6.07 Å². The number of carbonyl (C=O) groups is 1. The molecule has 3 aromatic rings. The Kier molecular flexibility index (Phi) is 6.26. The zero-order valence-electron chi connectivity index (χ0n) is 19.2. The number of fused-ring (bicyclic) bond motifs is 2. The Balaban J connectivity index is 1.54. The second kappa shape index (κ2) is 9.48. The minimum Gasteiger partial charge on any atom is -0.504 e. The predicted molar refractivity (Wildman–Crippen MR) is 127 cm³/mol. The van der Waals surface area contributed by atoms with Crippen molar-refractivity contribution in [3.63, 3.8) is 0 Å². The first-order valence-corrected chi connectivity index (χ1v) is 11.7. The van der Waals surface area contributed by atoms with E-state index in [9.17, 15) is 14.7 Å². The zero-order valence-corrected chi connectivity index (χ0v) is 19.2. The molecular weight excluding hydrogens is 436 g/mol. The molecule has 1 aromatic heterocycles. The van der Waals surface area contributed by atoms with Gasteiger partial charge in [-0.1, -0.05) is 18.2 Å². The molecule has 0 saturated carbocycles. The van der Waals surface area contributed by atoms with Crippen molar-refractivity contribution in [2.45, 2.75) is 19.4 Å². The van der Waals surface area contributed by atoms with Crippen LogP contribution in [0.2, 0.25) is 0 Å². The fraction of sp³-hybridized carbons (Fsp3) is 0.385. The normalized spacial score (nSPS) is 18.4. The van der Waals surface area contributed by atoms with Crippen molar-refractivity contribution in [1.29, 1.82) is 0 Å². The van der Waals surface area contributed by atoms with Gasteiger partial charge in [0.2, 0.25) is 5.76 Å². The maximum atomic E-state index is 13.6. The van der Waals surface area contributed by atoms with Crippen LogP contribution in [0.3, 0.4) is 0 Å². The van der Waals surface area contributed by atoms with Crippen molar-refractivity contribution in [2.75, 3.05) is 46.0 Å². The molecule has 8 nitrogen and oxygen atoms in total. The van der Waals surface area contributed by atoms with Crippen LogP contribution in [0.4, 0.5) is 0 Å². The second-order valence-corrected chi connectivity index (χ2v) is 8.54. The number of hydrogen-bond acceptors (Lipinski definition) is 7. The van der Waals surface area contributed by atoms with Crippen LogP contribution in [0.5, 0.6) is 11.5 Å². The summed E-state index contributed by atoms with van der Waals surface area (Å²) in [6.45, 7) is 6.69. The second-order valence-electron chi connectivity index (χ2n) is 8.54. The number of ether oxygens (including phenoxy) is 2. The number of carbonyl (C=O) groups excluding carboxylic acids is 1. The molecule has 2 aliphatic rings. The van der Waals surface area contributed by atoms with E-state index < -0.39 is 6.04 Å². The van der Waals surface area contributed by atoms with Crippen LogP contribution < -0.4 is 10.2 Å². The summed E-state index contributed by atoms with van der Waals surface area (Å²) in [7, 11) is 0. The lowest BCUT2D eigenvalue weighted by Gasteiger charge is -2.29. The van der Waals surface area contributed by atoms with Crippen LogP contribution in [-0.4, -0.2) is 66.8 Å². The van der Waals surface area contributed by atoms with E-state index in [0.29, 0.717) is 41.0 Å². The summed E-state index contributed by atoms with van der Waals surface area (Å²) in [6.07, 6.45) is 0.750. The largest absolute Gasteiger partial charge is 0.504 e. The Bertz CT molecular complexity index is 1260. The van der Waals surface area contributed by atoms with Crippen LogP contribution >= 0.6 is 0 Å². The maximum Gasteiger partial charge on any atom is 0.290 e. The summed E-state index contributed by atoms with van der Waals surface area (Å²) in [6, 6.07) is 11.3. The molecule has 2 aliphatic heterocycles. The zero-order chi connectivity index (χ0) is 23.7. The highest BCUT2D eigenvalue weighted by atomic mass is 16.5. The van der Waals surface area contributed by atoms with Gasteiger partial charge >= 0.3 is 0 Å². The highest BCUT2D eigenvalue weighted by Gasteiger charge is 2.42. The number of hydrogen-bond donors (Lipinski definition) is 1. The third-order valence-electron chi connectivity index (χ3n) is 6.45. The van der Waals surface area contributed by atoms with Gasteiger partial charge < -0.3 is 23.9 Å². The third-order valence-corrected chi connectivity index (χ3v) is 6.45. The Morgan fingerprint density at radius 1 is 1.09 bits per heavy atom. The van der Waals surface area contributed by atoms with Gasteiger partial charge in [0, 0.05) is 26.2 Å². The standard InChI is InChI=1S/C26H28N2O6/c1-2-33-21-16-17(8-9-19(21)29)23-22-24(30)18-6-3-4-7-20(18)34-25(22)26(31)28(23)11-5-10-27-12-14-32-15-13-27/h3-4,6-9,16,23,29H,2,5,10-15H2,1H3/t23-/m1/s1. The fourth-order valence-electron chi connectivity index (χ4n) is 4.81. The molecular formula is C26H28N2O6. The van der Waals surface area contributed by atoms with Crippen molar-refractivity contribution in [2.24, 2.45) is 0 Å². The van der Waals surface area contributed by atoms with Crippen LogP contribution in [0.25, 0.3) is 11.0 Å². The molecule has 1 saturated heterocycles. The molecule has 5 rings (SSSR count).